The van der Waals surface area contributed by atoms with Crippen molar-refractivity contribution in [2.24, 2.45) is 0 Å². The van der Waals surface area contributed by atoms with Gasteiger partial charge >= 0.3 is 0 Å². The van der Waals surface area contributed by atoms with Gasteiger partial charge in [-0.05, 0) is 19.4 Å². The van der Waals surface area contributed by atoms with Crippen molar-refractivity contribution in [2.75, 3.05) is 0 Å². The van der Waals surface area contributed by atoms with E-state index in [1.807, 2.05) is 19.1 Å². The Morgan fingerprint density at radius 1 is 1.40 bits per heavy atom. The zero-order valence-electron chi connectivity index (χ0n) is 9.25. The van der Waals surface area contributed by atoms with Crippen molar-refractivity contribution in [1.29, 1.82) is 0 Å². The van der Waals surface area contributed by atoms with Crippen molar-refractivity contribution < 1.29 is 9.18 Å². The van der Waals surface area contributed by atoms with Crippen LogP contribution in [0.1, 0.15) is 42.6 Å². The monoisotopic (exact) mass is 226 g/mol. The Bertz CT molecular complexity index is 351. The summed E-state index contributed by atoms with van der Waals surface area (Å²) in [6.07, 6.45) is 0. The molecule has 0 aliphatic rings. The number of alkyl halides is 1. The fourth-order valence-electron chi connectivity index (χ4n) is 1.33. The van der Waals surface area contributed by atoms with Crippen LogP contribution in [0.15, 0.2) is 24.3 Å². The second-order valence-electron chi connectivity index (χ2n) is 4.05. The van der Waals surface area contributed by atoms with E-state index in [1.165, 1.54) is 13.8 Å². The Kier molecular flexibility index (Phi) is 3.62. The Morgan fingerprint density at radius 3 is 2.20 bits per heavy atom. The van der Waals surface area contributed by atoms with Crippen molar-refractivity contribution in [2.45, 2.75) is 32.1 Å². The predicted octanol–water partition coefficient (Wildman–Crippen LogP) is 3.55. The molecule has 1 aromatic rings. The third-order valence-corrected chi connectivity index (χ3v) is 3.16. The lowest BCUT2D eigenvalue weighted by Crippen LogP contribution is -2.17. The number of halogens is 1. The Morgan fingerprint density at radius 2 is 1.87 bits per heavy atom. The topological polar surface area (TPSA) is 17.1 Å². The molecule has 0 bridgehead atoms. The van der Waals surface area contributed by atoms with E-state index in [1.54, 1.807) is 12.1 Å². The van der Waals surface area contributed by atoms with Gasteiger partial charge in [-0.15, -0.1) is 0 Å². The number of benzene rings is 1. The van der Waals surface area contributed by atoms with Crippen LogP contribution in [0.25, 0.3) is 0 Å². The highest BCUT2D eigenvalue weighted by molar-refractivity contribution is 7.18. The first-order valence-electron chi connectivity index (χ1n) is 4.91. The van der Waals surface area contributed by atoms with Crippen LogP contribution in [0.2, 0.25) is 0 Å². The van der Waals surface area contributed by atoms with Crippen LogP contribution in [-0.4, -0.2) is 11.2 Å². The summed E-state index contributed by atoms with van der Waals surface area (Å²) >= 11 is 0. The molecule has 3 unspecified atom stereocenters. The Labute approximate surface area is 92.3 Å². The largest absolute Gasteiger partial charge is 0.295 e. The maximum absolute atomic E-state index is 13.6. The molecule has 0 radical (unpaired) electrons. The first kappa shape index (κ1) is 12.3. The second-order valence-corrected chi connectivity index (χ2v) is 5.18. The molecule has 1 aromatic carbocycles. The van der Waals surface area contributed by atoms with E-state index < -0.39 is 5.41 Å². The van der Waals surface area contributed by atoms with E-state index in [0.29, 0.717) is 5.56 Å². The molecule has 0 N–H and O–H groups in total. The summed E-state index contributed by atoms with van der Waals surface area (Å²) in [6, 6.07) is 7.10. The molecule has 0 heterocycles. The van der Waals surface area contributed by atoms with E-state index in [9.17, 15) is 9.18 Å². The van der Waals surface area contributed by atoms with Crippen LogP contribution >= 0.6 is 9.24 Å². The van der Waals surface area contributed by atoms with E-state index in [4.69, 9.17) is 0 Å². The van der Waals surface area contributed by atoms with Gasteiger partial charge in [-0.1, -0.05) is 40.4 Å². The molecule has 15 heavy (non-hydrogen) atoms. The molecule has 1 nitrogen and oxygen atoms in total. The van der Waals surface area contributed by atoms with Crippen LogP contribution in [0.4, 0.5) is 4.39 Å². The van der Waals surface area contributed by atoms with Crippen molar-refractivity contribution in [3.05, 3.63) is 35.4 Å². The molecular formula is C12H16FOP. The van der Waals surface area contributed by atoms with Crippen LogP contribution in [0.3, 0.4) is 0 Å². The average Bonchev–Trinajstić information content (AvgIpc) is 2.15. The molecule has 0 amide bonds. The summed E-state index contributed by atoms with van der Waals surface area (Å²) in [7, 11) is 2.20. The standard InChI is InChI=1S/C12H16FOP/c1-8(12(3,13)15)10-4-6-11(7-5-10)9(2)14/h4-8H,15H2,1-3H3. The van der Waals surface area contributed by atoms with Gasteiger partial charge in [-0.25, -0.2) is 4.39 Å². The zero-order valence-corrected chi connectivity index (χ0v) is 10.4. The number of ketones is 1. The third-order valence-electron chi connectivity index (χ3n) is 2.66. The van der Waals surface area contributed by atoms with Gasteiger partial charge in [0.05, 0.1) is 0 Å². The van der Waals surface area contributed by atoms with E-state index in [-0.39, 0.29) is 11.7 Å². The zero-order chi connectivity index (χ0) is 11.6. The summed E-state index contributed by atoms with van der Waals surface area (Å²) < 4.78 is 13.6. The van der Waals surface area contributed by atoms with Crippen LogP contribution < -0.4 is 0 Å². The maximum atomic E-state index is 13.6. The predicted molar refractivity (Wildman–Crippen MR) is 64.1 cm³/mol. The normalized spacial score (nSPS) is 16.9. The molecule has 0 fully saturated rings. The summed E-state index contributed by atoms with van der Waals surface area (Å²) in [6.45, 7) is 4.88. The molecular weight excluding hydrogens is 210 g/mol. The average molecular weight is 226 g/mol. The molecule has 0 aliphatic heterocycles. The number of carbonyl (C=O) groups is 1. The van der Waals surface area contributed by atoms with Crippen LogP contribution in [-0.2, 0) is 0 Å². The molecule has 0 saturated carbocycles. The van der Waals surface area contributed by atoms with Crippen molar-refractivity contribution in [1.82, 2.24) is 0 Å². The third kappa shape index (κ3) is 3.10. The number of hydrogen-bond acceptors (Lipinski definition) is 1. The summed E-state index contributed by atoms with van der Waals surface area (Å²) in [5, 5.41) is -1.32. The van der Waals surface area contributed by atoms with Gasteiger partial charge in [0.25, 0.3) is 0 Å². The molecule has 3 atom stereocenters. The lowest BCUT2D eigenvalue weighted by Gasteiger charge is -2.23. The van der Waals surface area contributed by atoms with Gasteiger partial charge in [0.2, 0.25) is 0 Å². The van der Waals surface area contributed by atoms with Crippen molar-refractivity contribution in [3.8, 4) is 0 Å². The minimum Gasteiger partial charge on any atom is -0.295 e. The first-order chi connectivity index (χ1) is 6.82. The highest BCUT2D eigenvalue weighted by Crippen LogP contribution is 2.36. The van der Waals surface area contributed by atoms with Gasteiger partial charge < -0.3 is 0 Å². The molecule has 0 saturated heterocycles. The maximum Gasteiger partial charge on any atom is 0.159 e. The Hall–Kier alpha value is -0.750. The van der Waals surface area contributed by atoms with Gasteiger partial charge in [-0.3, -0.25) is 4.79 Å². The minimum atomic E-state index is -1.32. The summed E-state index contributed by atoms with van der Waals surface area (Å²) in [4.78, 5) is 11.0. The van der Waals surface area contributed by atoms with E-state index in [0.717, 1.165) is 5.56 Å². The smallest absolute Gasteiger partial charge is 0.159 e. The molecule has 0 aromatic heterocycles. The van der Waals surface area contributed by atoms with Crippen molar-refractivity contribution >= 4 is 15.0 Å². The van der Waals surface area contributed by atoms with Crippen LogP contribution in [0, 0.1) is 0 Å². The quantitative estimate of drug-likeness (QED) is 0.569. The van der Waals surface area contributed by atoms with Gasteiger partial charge in [0.15, 0.2) is 5.78 Å². The number of rotatable bonds is 3. The number of Topliss-reactive ketones (excluding diaryl/α,β-unsaturated/α-hetero) is 1. The first-order valence-corrected chi connectivity index (χ1v) is 5.49. The SMILES string of the molecule is CC(=O)c1ccc(C(C)C(C)(F)P)cc1. The van der Waals surface area contributed by atoms with E-state index >= 15 is 0 Å². The Balaban J connectivity index is 2.94. The van der Waals surface area contributed by atoms with Gasteiger partial charge in [0.1, 0.15) is 5.41 Å². The van der Waals surface area contributed by atoms with E-state index in [2.05, 4.69) is 9.24 Å². The number of hydrogen-bond donors (Lipinski definition) is 0. The fraction of sp³-hybridized carbons (Fsp3) is 0.417. The lowest BCUT2D eigenvalue weighted by atomic mass is 9.95. The summed E-state index contributed by atoms with van der Waals surface area (Å²) in [5.74, 6) is -0.174. The van der Waals surface area contributed by atoms with Gasteiger partial charge in [0, 0.05) is 11.5 Å². The molecule has 3 heteroatoms. The number of carbonyl (C=O) groups excluding carboxylic acids is 1. The highest BCUT2D eigenvalue weighted by atomic mass is 31.0. The summed E-state index contributed by atoms with van der Waals surface area (Å²) in [5.41, 5.74) is 1.57. The van der Waals surface area contributed by atoms with Crippen molar-refractivity contribution in [3.63, 3.8) is 0 Å². The second kappa shape index (κ2) is 4.40. The molecule has 82 valence electrons. The molecule has 0 aliphatic carbocycles. The molecule has 0 spiro atoms. The fourth-order valence-corrected chi connectivity index (χ4v) is 1.52. The minimum absolute atomic E-state index is 0.0306. The lowest BCUT2D eigenvalue weighted by molar-refractivity contribution is 0.101. The van der Waals surface area contributed by atoms with Gasteiger partial charge in [-0.2, -0.15) is 0 Å². The molecule has 1 rings (SSSR count). The van der Waals surface area contributed by atoms with Crippen LogP contribution in [0.5, 0.6) is 0 Å². The highest BCUT2D eigenvalue weighted by Gasteiger charge is 2.26.